The van der Waals surface area contributed by atoms with Crippen LogP contribution in [0.5, 0.6) is 5.88 Å². The number of benzene rings is 1. The van der Waals surface area contributed by atoms with E-state index in [0.717, 1.165) is 10.7 Å². The molecular weight excluding hydrogens is 312 g/mol. The number of carbonyl (C=O) groups is 1. The van der Waals surface area contributed by atoms with Gasteiger partial charge >= 0.3 is 0 Å². The first-order valence-electron chi connectivity index (χ1n) is 6.31. The van der Waals surface area contributed by atoms with Gasteiger partial charge in [0, 0.05) is 0 Å². The molecular formula is C13H14N2O6S. The molecule has 2 aromatic rings. The SMILES string of the molecule is CCOc1[nH]n(-c2ccc(S(=O)(=O)O)cc2C)c(=O)c1C=O. The first-order chi connectivity index (χ1) is 10.3. The molecule has 9 heteroatoms. The zero-order valence-corrected chi connectivity index (χ0v) is 12.7. The zero-order valence-electron chi connectivity index (χ0n) is 11.9. The summed E-state index contributed by atoms with van der Waals surface area (Å²) in [6.45, 7) is 3.54. The molecule has 1 heterocycles. The number of nitrogens with one attached hydrogen (secondary N) is 1. The summed E-state index contributed by atoms with van der Waals surface area (Å²) >= 11 is 0. The predicted molar refractivity (Wildman–Crippen MR) is 77.5 cm³/mol. The lowest BCUT2D eigenvalue weighted by Crippen LogP contribution is -2.18. The molecule has 0 unspecified atom stereocenters. The number of hydrogen-bond donors (Lipinski definition) is 2. The molecule has 22 heavy (non-hydrogen) atoms. The maximum Gasteiger partial charge on any atom is 0.294 e. The summed E-state index contributed by atoms with van der Waals surface area (Å²) in [6.07, 6.45) is 0.391. The summed E-state index contributed by atoms with van der Waals surface area (Å²) in [5.41, 5.74) is -0.00770. The topological polar surface area (TPSA) is 118 Å². The zero-order chi connectivity index (χ0) is 16.5. The lowest BCUT2D eigenvalue weighted by atomic mass is 10.2. The van der Waals surface area contributed by atoms with E-state index in [4.69, 9.17) is 9.29 Å². The second kappa shape index (κ2) is 5.78. The van der Waals surface area contributed by atoms with E-state index in [1.807, 2.05) is 0 Å². The number of H-pyrrole nitrogens is 1. The molecule has 0 saturated carbocycles. The van der Waals surface area contributed by atoms with Crippen LogP contribution in [0.1, 0.15) is 22.8 Å². The first kappa shape index (κ1) is 16.0. The van der Waals surface area contributed by atoms with Crippen LogP contribution in [0.15, 0.2) is 27.9 Å². The van der Waals surface area contributed by atoms with Crippen LogP contribution in [0.4, 0.5) is 0 Å². The number of aryl methyl sites for hydroxylation is 1. The van der Waals surface area contributed by atoms with Gasteiger partial charge in [-0.15, -0.1) is 0 Å². The minimum atomic E-state index is -4.33. The van der Waals surface area contributed by atoms with E-state index in [0.29, 0.717) is 17.5 Å². The Morgan fingerprint density at radius 3 is 2.59 bits per heavy atom. The number of aldehydes is 1. The molecule has 0 fully saturated rings. The van der Waals surface area contributed by atoms with Crippen molar-refractivity contribution in [2.45, 2.75) is 18.7 Å². The molecule has 1 aromatic carbocycles. The van der Waals surface area contributed by atoms with E-state index < -0.39 is 15.7 Å². The fourth-order valence-corrected chi connectivity index (χ4v) is 2.56. The summed E-state index contributed by atoms with van der Waals surface area (Å²) in [5, 5.41) is 2.66. The highest BCUT2D eigenvalue weighted by Crippen LogP contribution is 2.19. The summed E-state index contributed by atoms with van der Waals surface area (Å²) in [4.78, 5) is 22.9. The largest absolute Gasteiger partial charge is 0.478 e. The molecule has 0 bridgehead atoms. The summed E-state index contributed by atoms with van der Waals surface area (Å²) in [7, 11) is -4.33. The summed E-state index contributed by atoms with van der Waals surface area (Å²) < 4.78 is 37.5. The van der Waals surface area contributed by atoms with Crippen LogP contribution < -0.4 is 10.3 Å². The van der Waals surface area contributed by atoms with Gasteiger partial charge in [-0.05, 0) is 37.6 Å². The smallest absolute Gasteiger partial charge is 0.294 e. The Morgan fingerprint density at radius 1 is 1.41 bits per heavy atom. The molecule has 8 nitrogen and oxygen atoms in total. The van der Waals surface area contributed by atoms with Gasteiger partial charge in [-0.1, -0.05) is 0 Å². The maximum atomic E-state index is 12.2. The van der Waals surface area contributed by atoms with Gasteiger partial charge in [0.05, 0.1) is 17.2 Å². The number of aromatic amines is 1. The minimum absolute atomic E-state index is 0.0424. The fraction of sp³-hybridized carbons (Fsp3) is 0.231. The van der Waals surface area contributed by atoms with Crippen molar-refractivity contribution in [1.82, 2.24) is 9.78 Å². The molecule has 0 spiro atoms. The quantitative estimate of drug-likeness (QED) is 0.623. The summed E-state index contributed by atoms with van der Waals surface area (Å²) in [5.74, 6) is 0.0424. The molecule has 0 amide bonds. The van der Waals surface area contributed by atoms with Crippen molar-refractivity contribution in [3.63, 3.8) is 0 Å². The van der Waals surface area contributed by atoms with Crippen LogP contribution in [0.25, 0.3) is 5.69 Å². The van der Waals surface area contributed by atoms with Crippen LogP contribution >= 0.6 is 0 Å². The highest BCUT2D eigenvalue weighted by molar-refractivity contribution is 7.85. The third kappa shape index (κ3) is 2.81. The molecule has 0 aliphatic rings. The van der Waals surface area contributed by atoms with Gasteiger partial charge in [-0.25, -0.2) is 4.68 Å². The monoisotopic (exact) mass is 326 g/mol. The van der Waals surface area contributed by atoms with Gasteiger partial charge in [-0.2, -0.15) is 8.42 Å². The van der Waals surface area contributed by atoms with E-state index in [1.54, 1.807) is 13.8 Å². The number of rotatable bonds is 5. The van der Waals surface area contributed by atoms with E-state index in [1.165, 1.54) is 12.1 Å². The van der Waals surface area contributed by atoms with Crippen molar-refractivity contribution in [3.8, 4) is 11.6 Å². The number of hydrogen-bond acceptors (Lipinski definition) is 5. The van der Waals surface area contributed by atoms with Crippen LogP contribution in [0.3, 0.4) is 0 Å². The van der Waals surface area contributed by atoms with Crippen molar-refractivity contribution in [3.05, 3.63) is 39.7 Å². The van der Waals surface area contributed by atoms with Gasteiger partial charge in [-0.3, -0.25) is 19.2 Å². The lowest BCUT2D eigenvalue weighted by Gasteiger charge is -2.07. The first-order valence-corrected chi connectivity index (χ1v) is 7.75. The van der Waals surface area contributed by atoms with Gasteiger partial charge in [0.2, 0.25) is 5.88 Å². The van der Waals surface area contributed by atoms with E-state index in [9.17, 15) is 18.0 Å². The average molecular weight is 326 g/mol. The second-order valence-corrected chi connectivity index (χ2v) is 5.89. The Bertz CT molecular complexity index is 878. The van der Waals surface area contributed by atoms with Crippen molar-refractivity contribution < 1.29 is 22.5 Å². The van der Waals surface area contributed by atoms with E-state index in [-0.39, 0.29) is 22.9 Å². The number of aromatic nitrogens is 2. The van der Waals surface area contributed by atoms with Crippen molar-refractivity contribution in [1.29, 1.82) is 0 Å². The summed E-state index contributed by atoms with van der Waals surface area (Å²) in [6, 6.07) is 3.73. The average Bonchev–Trinajstić information content (AvgIpc) is 2.74. The molecule has 1 aromatic heterocycles. The normalized spacial score (nSPS) is 11.4. The molecule has 0 atom stereocenters. The molecule has 2 N–H and O–H groups in total. The van der Waals surface area contributed by atoms with E-state index in [2.05, 4.69) is 5.10 Å². The Balaban J connectivity index is 2.63. The lowest BCUT2D eigenvalue weighted by molar-refractivity contribution is 0.111. The number of nitrogens with zero attached hydrogens (tertiary/aromatic N) is 1. The number of ether oxygens (including phenoxy) is 1. The van der Waals surface area contributed by atoms with Crippen LogP contribution in [0.2, 0.25) is 0 Å². The fourth-order valence-electron chi connectivity index (χ4n) is 2.00. The van der Waals surface area contributed by atoms with Crippen molar-refractivity contribution in [2.24, 2.45) is 0 Å². The maximum absolute atomic E-state index is 12.2. The van der Waals surface area contributed by atoms with Gasteiger partial charge in [0.15, 0.2) is 6.29 Å². The predicted octanol–water partition coefficient (Wildman–Crippen LogP) is 0.932. The van der Waals surface area contributed by atoms with Gasteiger partial charge < -0.3 is 4.74 Å². The highest BCUT2D eigenvalue weighted by Gasteiger charge is 2.18. The van der Waals surface area contributed by atoms with Gasteiger partial charge in [0.25, 0.3) is 15.7 Å². The third-order valence-corrected chi connectivity index (χ3v) is 3.85. The van der Waals surface area contributed by atoms with Crippen molar-refractivity contribution >= 4 is 16.4 Å². The standard InChI is InChI=1S/C13H14N2O6S/c1-3-21-12-10(7-16)13(17)15(14-12)11-5-4-9(6-8(11)2)22(18,19)20/h4-7,14H,3H2,1-2H3,(H,18,19,20). The molecule has 0 aliphatic heterocycles. The number of carbonyl (C=O) groups excluding carboxylic acids is 1. The molecule has 0 aliphatic carbocycles. The van der Waals surface area contributed by atoms with Crippen LogP contribution in [-0.4, -0.2) is 35.6 Å². The Morgan fingerprint density at radius 2 is 2.09 bits per heavy atom. The minimum Gasteiger partial charge on any atom is -0.478 e. The molecule has 0 saturated heterocycles. The molecule has 0 radical (unpaired) electrons. The third-order valence-electron chi connectivity index (χ3n) is 3.01. The Kier molecular flexibility index (Phi) is 4.20. The van der Waals surface area contributed by atoms with E-state index >= 15 is 0 Å². The molecule has 118 valence electrons. The molecule has 2 rings (SSSR count). The Hall–Kier alpha value is -2.39. The van der Waals surface area contributed by atoms with Gasteiger partial charge in [0.1, 0.15) is 5.56 Å². The Labute approximate surface area is 126 Å². The highest BCUT2D eigenvalue weighted by atomic mass is 32.2. The van der Waals surface area contributed by atoms with Crippen molar-refractivity contribution in [2.75, 3.05) is 6.61 Å². The second-order valence-electron chi connectivity index (χ2n) is 4.47. The van der Waals surface area contributed by atoms with Crippen LogP contribution in [0, 0.1) is 6.92 Å². The van der Waals surface area contributed by atoms with Crippen LogP contribution in [-0.2, 0) is 10.1 Å².